The van der Waals surface area contributed by atoms with Crippen molar-refractivity contribution in [3.63, 3.8) is 0 Å². The lowest BCUT2D eigenvalue weighted by molar-refractivity contribution is -0.385. The first-order chi connectivity index (χ1) is 9.45. The summed E-state index contributed by atoms with van der Waals surface area (Å²) in [5.74, 6) is 0.607. The zero-order valence-corrected chi connectivity index (χ0v) is 11.8. The number of amides is 1. The Morgan fingerprint density at radius 1 is 1.60 bits per heavy atom. The first-order valence-corrected chi connectivity index (χ1v) is 6.55. The van der Waals surface area contributed by atoms with Gasteiger partial charge in [-0.05, 0) is 25.7 Å². The van der Waals surface area contributed by atoms with Gasteiger partial charge in [-0.15, -0.1) is 0 Å². The number of carbonyl (C=O) groups is 1. The Morgan fingerprint density at radius 2 is 2.25 bits per heavy atom. The van der Waals surface area contributed by atoms with Crippen LogP contribution in [0, 0.1) is 16.0 Å². The highest BCUT2D eigenvalue weighted by atomic mass is 16.6. The molecule has 1 amide bonds. The zero-order chi connectivity index (χ0) is 14.9. The van der Waals surface area contributed by atoms with E-state index in [0.717, 1.165) is 19.0 Å². The molecule has 2 rings (SSSR count). The van der Waals surface area contributed by atoms with Crippen LogP contribution < -0.4 is 5.32 Å². The highest BCUT2D eigenvalue weighted by Crippen LogP contribution is 2.35. The van der Waals surface area contributed by atoms with Crippen LogP contribution in [0.3, 0.4) is 0 Å². The zero-order valence-electron chi connectivity index (χ0n) is 11.8. The van der Waals surface area contributed by atoms with Gasteiger partial charge in [0.05, 0.1) is 4.92 Å². The Morgan fingerprint density at radius 3 is 2.75 bits per heavy atom. The molecule has 1 aliphatic carbocycles. The number of aromatic nitrogens is 1. The summed E-state index contributed by atoms with van der Waals surface area (Å²) < 4.78 is 0. The smallest absolute Gasteiger partial charge is 0.300 e. The van der Waals surface area contributed by atoms with E-state index in [1.54, 1.807) is 19.0 Å². The second-order valence-corrected chi connectivity index (χ2v) is 5.09. The molecule has 1 fully saturated rings. The van der Waals surface area contributed by atoms with Crippen LogP contribution in [-0.2, 0) is 0 Å². The first kappa shape index (κ1) is 14.2. The number of nitrogens with zero attached hydrogens (tertiary/aromatic N) is 3. The number of hydrogen-bond acceptors (Lipinski definition) is 5. The van der Waals surface area contributed by atoms with Crippen LogP contribution in [-0.4, -0.2) is 40.9 Å². The molecule has 0 aromatic carbocycles. The van der Waals surface area contributed by atoms with E-state index >= 15 is 0 Å². The maximum Gasteiger partial charge on any atom is 0.300 e. The molecule has 0 saturated heterocycles. The van der Waals surface area contributed by atoms with Crippen molar-refractivity contribution in [3.05, 3.63) is 27.9 Å². The third kappa shape index (κ3) is 2.71. The van der Waals surface area contributed by atoms with Gasteiger partial charge in [0.2, 0.25) is 0 Å². The molecule has 0 aliphatic heterocycles. The van der Waals surface area contributed by atoms with Gasteiger partial charge in [0, 0.05) is 26.2 Å². The second-order valence-electron chi connectivity index (χ2n) is 5.09. The predicted octanol–water partition coefficient (Wildman–Crippen LogP) is 1.90. The molecule has 1 heterocycles. The van der Waals surface area contributed by atoms with Gasteiger partial charge in [-0.1, -0.05) is 0 Å². The quantitative estimate of drug-likeness (QED) is 0.656. The lowest BCUT2D eigenvalue weighted by atomic mass is 10.1. The van der Waals surface area contributed by atoms with Gasteiger partial charge in [0.1, 0.15) is 17.6 Å². The van der Waals surface area contributed by atoms with Crippen molar-refractivity contribution in [2.24, 2.45) is 5.92 Å². The number of nitro groups is 1. The normalized spacial score (nSPS) is 15.6. The molecule has 1 saturated carbocycles. The first-order valence-electron chi connectivity index (χ1n) is 6.55. The minimum absolute atomic E-state index is 0.0735. The van der Waals surface area contributed by atoms with Gasteiger partial charge in [-0.25, -0.2) is 4.98 Å². The van der Waals surface area contributed by atoms with Gasteiger partial charge in [0.25, 0.3) is 11.6 Å². The van der Waals surface area contributed by atoms with Crippen molar-refractivity contribution in [3.8, 4) is 0 Å². The van der Waals surface area contributed by atoms with Crippen LogP contribution in [0.2, 0.25) is 0 Å². The fourth-order valence-corrected chi connectivity index (χ4v) is 2.17. The molecular formula is C13H18N4O3. The summed E-state index contributed by atoms with van der Waals surface area (Å²) in [6, 6.07) is 1.52. The van der Waals surface area contributed by atoms with E-state index in [-0.39, 0.29) is 23.2 Å². The number of rotatable bonds is 5. The van der Waals surface area contributed by atoms with E-state index in [4.69, 9.17) is 0 Å². The van der Waals surface area contributed by atoms with E-state index in [0.29, 0.717) is 11.7 Å². The van der Waals surface area contributed by atoms with Crippen molar-refractivity contribution < 1.29 is 9.72 Å². The van der Waals surface area contributed by atoms with Gasteiger partial charge in [-0.3, -0.25) is 14.9 Å². The predicted molar refractivity (Wildman–Crippen MR) is 74.7 cm³/mol. The van der Waals surface area contributed by atoms with Crippen LogP contribution in [0.5, 0.6) is 0 Å². The van der Waals surface area contributed by atoms with Crippen LogP contribution in [0.1, 0.15) is 30.1 Å². The van der Waals surface area contributed by atoms with Crippen LogP contribution >= 0.6 is 0 Å². The largest absolute Gasteiger partial charge is 0.373 e. The molecule has 1 aromatic rings. The summed E-state index contributed by atoms with van der Waals surface area (Å²) in [6.45, 7) is 1.97. The lowest BCUT2D eigenvalue weighted by Gasteiger charge is -2.24. The summed E-state index contributed by atoms with van der Waals surface area (Å²) in [5.41, 5.74) is -0.187. The maximum absolute atomic E-state index is 12.5. The average molecular weight is 278 g/mol. The van der Waals surface area contributed by atoms with Crippen LogP contribution in [0.15, 0.2) is 12.3 Å². The van der Waals surface area contributed by atoms with E-state index in [1.807, 2.05) is 6.92 Å². The Balaban J connectivity index is 2.33. The van der Waals surface area contributed by atoms with Crippen LogP contribution in [0.25, 0.3) is 0 Å². The standard InChI is InChI=1S/C13H18N4O3/c1-8(9-4-5-9)16(3)13(18)10-6-12(14-2)15-7-11(10)17(19)20/h6-9H,4-5H2,1-3H3,(H,14,15). The molecule has 0 radical (unpaired) electrons. The Bertz CT molecular complexity index is 542. The molecule has 0 spiro atoms. The summed E-state index contributed by atoms with van der Waals surface area (Å²) in [6.07, 6.45) is 3.34. The molecule has 1 N–H and O–H groups in total. The lowest BCUT2D eigenvalue weighted by Crippen LogP contribution is -2.36. The third-order valence-corrected chi connectivity index (χ3v) is 3.80. The molecule has 20 heavy (non-hydrogen) atoms. The fourth-order valence-electron chi connectivity index (χ4n) is 2.17. The maximum atomic E-state index is 12.5. The number of anilines is 1. The summed E-state index contributed by atoms with van der Waals surface area (Å²) >= 11 is 0. The number of pyridine rings is 1. The van der Waals surface area contributed by atoms with Crippen molar-refractivity contribution in [1.82, 2.24) is 9.88 Å². The number of nitrogens with one attached hydrogen (secondary N) is 1. The molecule has 1 aliphatic rings. The van der Waals surface area contributed by atoms with Gasteiger partial charge in [-0.2, -0.15) is 0 Å². The van der Waals surface area contributed by atoms with Gasteiger partial charge in [0.15, 0.2) is 0 Å². The van der Waals surface area contributed by atoms with E-state index in [1.165, 1.54) is 6.07 Å². The van der Waals surface area contributed by atoms with Gasteiger partial charge >= 0.3 is 0 Å². The van der Waals surface area contributed by atoms with Crippen LogP contribution in [0.4, 0.5) is 11.5 Å². The Hall–Kier alpha value is -2.18. The second kappa shape index (κ2) is 5.44. The van der Waals surface area contributed by atoms with Crippen molar-refractivity contribution in [2.45, 2.75) is 25.8 Å². The molecule has 0 bridgehead atoms. The summed E-state index contributed by atoms with van der Waals surface area (Å²) in [7, 11) is 3.34. The monoisotopic (exact) mass is 278 g/mol. The molecule has 7 nitrogen and oxygen atoms in total. The van der Waals surface area contributed by atoms with E-state index in [9.17, 15) is 14.9 Å². The molecule has 108 valence electrons. The van der Waals surface area contributed by atoms with E-state index < -0.39 is 4.92 Å². The Kier molecular flexibility index (Phi) is 3.87. The van der Waals surface area contributed by atoms with Gasteiger partial charge < -0.3 is 10.2 Å². The van der Waals surface area contributed by atoms with Crippen molar-refractivity contribution >= 4 is 17.4 Å². The summed E-state index contributed by atoms with van der Waals surface area (Å²) in [5, 5.41) is 13.8. The van der Waals surface area contributed by atoms with E-state index in [2.05, 4.69) is 10.3 Å². The Labute approximate surface area is 117 Å². The molecule has 1 unspecified atom stereocenters. The highest BCUT2D eigenvalue weighted by Gasteiger charge is 2.34. The SMILES string of the molecule is CNc1cc(C(=O)N(C)C(C)C2CC2)c([N+](=O)[O-])cn1. The third-order valence-electron chi connectivity index (χ3n) is 3.80. The molecular weight excluding hydrogens is 260 g/mol. The minimum atomic E-state index is -0.574. The molecule has 1 atom stereocenters. The molecule has 7 heteroatoms. The van der Waals surface area contributed by atoms with Crippen molar-refractivity contribution in [2.75, 3.05) is 19.4 Å². The average Bonchev–Trinajstić information content (AvgIpc) is 3.28. The summed E-state index contributed by atoms with van der Waals surface area (Å²) in [4.78, 5) is 28.4. The number of carbonyl (C=O) groups excluding carboxylic acids is 1. The molecule has 1 aromatic heterocycles. The fraction of sp³-hybridized carbons (Fsp3) is 0.538. The van der Waals surface area contributed by atoms with Crippen molar-refractivity contribution in [1.29, 1.82) is 0 Å². The number of hydrogen-bond donors (Lipinski definition) is 1. The topological polar surface area (TPSA) is 88.4 Å². The minimum Gasteiger partial charge on any atom is -0.373 e. The highest BCUT2D eigenvalue weighted by molar-refractivity contribution is 5.98.